The van der Waals surface area contributed by atoms with Gasteiger partial charge in [-0.1, -0.05) is 0 Å². The summed E-state index contributed by atoms with van der Waals surface area (Å²) in [5, 5.41) is 0. The average molecular weight is 284 g/mol. The van der Waals surface area contributed by atoms with Crippen molar-refractivity contribution in [2.45, 2.75) is 12.8 Å². The van der Waals surface area contributed by atoms with Crippen LogP contribution in [-0.2, 0) is 10.2 Å². The fourth-order valence-electron chi connectivity index (χ4n) is 1.91. The quantitative estimate of drug-likeness (QED) is 0.886. The second kappa shape index (κ2) is 5.58. The van der Waals surface area contributed by atoms with Crippen LogP contribution in [0.1, 0.15) is 23.2 Å². The molecule has 0 bridgehead atoms. The summed E-state index contributed by atoms with van der Waals surface area (Å²) in [6.45, 7) is 0.927. The lowest BCUT2D eigenvalue weighted by Crippen LogP contribution is -2.42. The number of amides is 1. The van der Waals surface area contributed by atoms with Crippen molar-refractivity contribution >= 4 is 16.1 Å². The molecule has 0 aromatic heterocycles. The van der Waals surface area contributed by atoms with E-state index < -0.39 is 16.1 Å². The maximum absolute atomic E-state index is 11.9. The highest BCUT2D eigenvalue weighted by atomic mass is 32.2. The molecule has 6 nitrogen and oxygen atoms in total. The van der Waals surface area contributed by atoms with Crippen LogP contribution in [-0.4, -0.2) is 38.8 Å². The van der Waals surface area contributed by atoms with Crippen LogP contribution in [0.3, 0.4) is 0 Å². The lowest BCUT2D eigenvalue weighted by Gasteiger charge is -2.15. The third kappa shape index (κ3) is 3.24. The number of carbonyl (C=O) groups excluding carboxylic acids is 1. The summed E-state index contributed by atoms with van der Waals surface area (Å²) < 4.78 is 32.1. The van der Waals surface area contributed by atoms with Crippen LogP contribution in [0.2, 0.25) is 0 Å². The van der Waals surface area contributed by atoms with Gasteiger partial charge in [-0.25, -0.2) is 4.72 Å². The van der Waals surface area contributed by atoms with Gasteiger partial charge in [0.25, 0.3) is 5.91 Å². The van der Waals surface area contributed by atoms with E-state index in [2.05, 4.69) is 4.72 Å². The molecule has 1 aromatic carbocycles. The minimum Gasteiger partial charge on any atom is -0.497 e. The summed E-state index contributed by atoms with van der Waals surface area (Å²) in [6.07, 6.45) is 1.66. The van der Waals surface area contributed by atoms with Crippen molar-refractivity contribution in [2.75, 3.05) is 20.2 Å². The van der Waals surface area contributed by atoms with Gasteiger partial charge in [-0.3, -0.25) is 4.79 Å². The molecule has 104 valence electrons. The van der Waals surface area contributed by atoms with Crippen LogP contribution in [0.4, 0.5) is 0 Å². The fourth-order valence-corrected chi connectivity index (χ4v) is 3.13. The van der Waals surface area contributed by atoms with Gasteiger partial charge in [0, 0.05) is 18.7 Å². The van der Waals surface area contributed by atoms with E-state index in [0.29, 0.717) is 18.8 Å². The number of hydrogen-bond donors (Lipinski definition) is 1. The monoisotopic (exact) mass is 284 g/mol. The van der Waals surface area contributed by atoms with Crippen molar-refractivity contribution in [2.24, 2.45) is 0 Å². The predicted molar refractivity (Wildman–Crippen MR) is 70.2 cm³/mol. The van der Waals surface area contributed by atoms with Gasteiger partial charge >= 0.3 is 10.2 Å². The minimum atomic E-state index is -3.72. The third-order valence-electron chi connectivity index (χ3n) is 2.98. The number of hydrogen-bond acceptors (Lipinski definition) is 4. The second-order valence-corrected chi connectivity index (χ2v) is 5.94. The topological polar surface area (TPSA) is 75.7 Å². The average Bonchev–Trinajstić information content (AvgIpc) is 2.93. The third-order valence-corrected chi connectivity index (χ3v) is 4.47. The van der Waals surface area contributed by atoms with Crippen LogP contribution >= 0.6 is 0 Å². The molecule has 1 aliphatic rings. The van der Waals surface area contributed by atoms with Gasteiger partial charge in [-0.15, -0.1) is 0 Å². The molecule has 0 unspecified atom stereocenters. The van der Waals surface area contributed by atoms with Crippen LogP contribution in [0.15, 0.2) is 24.3 Å². The smallest absolute Gasteiger partial charge is 0.304 e. The van der Waals surface area contributed by atoms with Crippen molar-refractivity contribution < 1.29 is 17.9 Å². The first-order valence-electron chi connectivity index (χ1n) is 5.99. The minimum absolute atomic E-state index is 0.281. The lowest BCUT2D eigenvalue weighted by molar-refractivity contribution is 0.0979. The maximum atomic E-state index is 11.9. The molecule has 0 aliphatic carbocycles. The number of methoxy groups -OCH3 is 1. The standard InChI is InChI=1S/C12H16N2O4S/c1-18-11-6-4-10(5-7-11)12(15)13-19(16,17)14-8-2-3-9-14/h4-7H,2-3,8-9H2,1H3,(H,13,15). The van der Waals surface area contributed by atoms with Gasteiger partial charge in [0.05, 0.1) is 7.11 Å². The molecular formula is C12H16N2O4S. The molecule has 0 saturated carbocycles. The summed E-state index contributed by atoms with van der Waals surface area (Å²) in [5.74, 6) is -0.0199. The first-order chi connectivity index (χ1) is 9.03. The zero-order valence-electron chi connectivity index (χ0n) is 10.6. The van der Waals surface area contributed by atoms with Gasteiger partial charge in [0.15, 0.2) is 0 Å². The molecule has 0 spiro atoms. The van der Waals surface area contributed by atoms with Crippen molar-refractivity contribution in [1.29, 1.82) is 0 Å². The van der Waals surface area contributed by atoms with Gasteiger partial charge in [0.2, 0.25) is 0 Å². The number of nitrogens with one attached hydrogen (secondary N) is 1. The molecule has 1 aromatic rings. The zero-order valence-corrected chi connectivity index (χ0v) is 11.4. The van der Waals surface area contributed by atoms with Crippen LogP contribution in [0, 0.1) is 0 Å². The molecule has 1 N–H and O–H groups in total. The highest BCUT2D eigenvalue weighted by molar-refractivity contribution is 7.87. The van der Waals surface area contributed by atoms with Crippen molar-refractivity contribution in [3.8, 4) is 5.75 Å². The van der Waals surface area contributed by atoms with E-state index in [9.17, 15) is 13.2 Å². The SMILES string of the molecule is COc1ccc(C(=O)NS(=O)(=O)N2CCCC2)cc1. The van der Waals surface area contributed by atoms with E-state index in [1.54, 1.807) is 12.1 Å². The molecule has 1 fully saturated rings. The molecule has 1 amide bonds. The Kier molecular flexibility index (Phi) is 4.06. The van der Waals surface area contributed by atoms with Gasteiger partial charge in [-0.05, 0) is 37.1 Å². The molecule has 1 saturated heterocycles. The van der Waals surface area contributed by atoms with Crippen molar-refractivity contribution in [3.63, 3.8) is 0 Å². The Morgan fingerprint density at radius 3 is 2.32 bits per heavy atom. The zero-order chi connectivity index (χ0) is 13.9. The Morgan fingerprint density at radius 2 is 1.79 bits per heavy atom. The molecule has 19 heavy (non-hydrogen) atoms. The summed E-state index contributed by atoms with van der Waals surface area (Å²) in [4.78, 5) is 11.9. The van der Waals surface area contributed by atoms with E-state index in [-0.39, 0.29) is 5.56 Å². The summed E-state index contributed by atoms with van der Waals surface area (Å²) in [6, 6.07) is 6.26. The van der Waals surface area contributed by atoms with E-state index >= 15 is 0 Å². The van der Waals surface area contributed by atoms with E-state index in [1.807, 2.05) is 0 Å². The Labute approximate surface area is 112 Å². The van der Waals surface area contributed by atoms with Gasteiger partial charge in [-0.2, -0.15) is 12.7 Å². The van der Waals surface area contributed by atoms with Gasteiger partial charge in [0.1, 0.15) is 5.75 Å². The second-order valence-electron chi connectivity index (χ2n) is 4.27. The van der Waals surface area contributed by atoms with E-state index in [4.69, 9.17) is 4.74 Å². The first-order valence-corrected chi connectivity index (χ1v) is 7.43. The molecule has 0 atom stereocenters. The number of benzene rings is 1. The Bertz CT molecular complexity index is 548. The van der Waals surface area contributed by atoms with Gasteiger partial charge < -0.3 is 4.74 Å². The number of nitrogens with zero attached hydrogens (tertiary/aromatic N) is 1. The highest BCUT2D eigenvalue weighted by Crippen LogP contribution is 2.14. The van der Waals surface area contributed by atoms with Crippen LogP contribution < -0.4 is 9.46 Å². The molecule has 2 rings (SSSR count). The first kappa shape index (κ1) is 13.8. The molecular weight excluding hydrogens is 268 g/mol. The van der Waals surface area contributed by atoms with Crippen molar-refractivity contribution in [1.82, 2.24) is 9.03 Å². The Hall–Kier alpha value is -1.60. The van der Waals surface area contributed by atoms with Crippen molar-refractivity contribution in [3.05, 3.63) is 29.8 Å². The van der Waals surface area contributed by atoms with Crippen LogP contribution in [0.5, 0.6) is 5.75 Å². The number of rotatable bonds is 4. The lowest BCUT2D eigenvalue weighted by atomic mass is 10.2. The number of ether oxygens (including phenoxy) is 1. The largest absolute Gasteiger partial charge is 0.497 e. The Morgan fingerprint density at radius 1 is 1.21 bits per heavy atom. The van der Waals surface area contributed by atoms with Crippen LogP contribution in [0.25, 0.3) is 0 Å². The number of carbonyl (C=O) groups is 1. The van der Waals surface area contributed by atoms with E-state index in [0.717, 1.165) is 12.8 Å². The summed E-state index contributed by atoms with van der Waals surface area (Å²) in [5.41, 5.74) is 0.281. The molecule has 7 heteroatoms. The molecule has 1 heterocycles. The summed E-state index contributed by atoms with van der Waals surface area (Å²) in [7, 11) is -2.20. The molecule has 0 radical (unpaired) electrons. The van der Waals surface area contributed by atoms with E-state index in [1.165, 1.54) is 23.5 Å². The normalized spacial score (nSPS) is 16.3. The maximum Gasteiger partial charge on any atom is 0.304 e. The highest BCUT2D eigenvalue weighted by Gasteiger charge is 2.27. The molecule has 1 aliphatic heterocycles. The fraction of sp³-hybridized carbons (Fsp3) is 0.417. The summed E-state index contributed by atoms with van der Waals surface area (Å²) >= 11 is 0. The Balaban J connectivity index is 2.07. The predicted octanol–water partition coefficient (Wildman–Crippen LogP) is 0.766.